The van der Waals surface area contributed by atoms with Crippen LogP contribution in [-0.4, -0.2) is 31.1 Å². The molecule has 0 saturated heterocycles. The number of nitrogens with one attached hydrogen (secondary N) is 1. The average molecular weight is 357 g/mol. The van der Waals surface area contributed by atoms with E-state index in [-0.39, 0.29) is 24.0 Å². The second kappa shape index (κ2) is 10.5. The van der Waals surface area contributed by atoms with Crippen LogP contribution in [0.2, 0.25) is 0 Å². The maximum absolute atomic E-state index is 5.75. The molecule has 0 aromatic carbocycles. The molecule has 0 amide bonds. The summed E-state index contributed by atoms with van der Waals surface area (Å²) in [5, 5.41) is 3.16. The lowest BCUT2D eigenvalue weighted by Gasteiger charge is -2.23. The predicted octanol–water partition coefficient (Wildman–Crippen LogP) is 2.45. The van der Waals surface area contributed by atoms with E-state index in [1.807, 2.05) is 11.8 Å². The van der Waals surface area contributed by atoms with Crippen molar-refractivity contribution in [1.29, 1.82) is 0 Å². The number of nitrogens with two attached hydrogens (primary N) is 1. The maximum Gasteiger partial charge on any atom is 0.188 e. The highest BCUT2D eigenvalue weighted by Gasteiger charge is 2.16. The van der Waals surface area contributed by atoms with Crippen LogP contribution in [0.25, 0.3) is 0 Å². The SMILES string of the molecule is CSCCCCNC(N)=NCC1CCC1.I. The van der Waals surface area contributed by atoms with Crippen molar-refractivity contribution < 1.29 is 0 Å². The van der Waals surface area contributed by atoms with Crippen molar-refractivity contribution in [3.05, 3.63) is 0 Å². The second-order valence-electron chi connectivity index (χ2n) is 4.15. The van der Waals surface area contributed by atoms with E-state index in [0.29, 0.717) is 5.96 Å². The Bertz CT molecular complexity index is 196. The van der Waals surface area contributed by atoms with E-state index in [1.165, 1.54) is 37.9 Å². The molecule has 0 aromatic heterocycles. The van der Waals surface area contributed by atoms with Crippen molar-refractivity contribution in [2.45, 2.75) is 32.1 Å². The van der Waals surface area contributed by atoms with Crippen molar-refractivity contribution in [1.82, 2.24) is 5.32 Å². The van der Waals surface area contributed by atoms with Gasteiger partial charge in [-0.1, -0.05) is 6.42 Å². The summed E-state index contributed by atoms with van der Waals surface area (Å²) in [5.41, 5.74) is 5.75. The van der Waals surface area contributed by atoms with Crippen molar-refractivity contribution >= 4 is 41.7 Å². The molecule has 1 saturated carbocycles. The Morgan fingerprint density at radius 3 is 2.75 bits per heavy atom. The van der Waals surface area contributed by atoms with Gasteiger partial charge in [-0.3, -0.25) is 4.99 Å². The number of rotatable bonds is 7. The Hall–Kier alpha value is 0.350. The topological polar surface area (TPSA) is 50.4 Å². The number of nitrogens with zero attached hydrogens (tertiary/aromatic N) is 1. The number of aliphatic imine (C=N–C) groups is 1. The average Bonchev–Trinajstić information content (AvgIpc) is 2.15. The summed E-state index contributed by atoms with van der Waals surface area (Å²) in [5.74, 6) is 2.67. The number of hydrogen-bond acceptors (Lipinski definition) is 2. The summed E-state index contributed by atoms with van der Waals surface area (Å²) in [6, 6.07) is 0. The van der Waals surface area contributed by atoms with E-state index in [4.69, 9.17) is 5.73 Å². The first-order valence-corrected chi connectivity index (χ1v) is 7.25. The van der Waals surface area contributed by atoms with Crippen LogP contribution in [-0.2, 0) is 0 Å². The summed E-state index contributed by atoms with van der Waals surface area (Å²) in [6.07, 6.45) is 8.63. The summed E-state index contributed by atoms with van der Waals surface area (Å²) in [7, 11) is 0. The number of hydrogen-bond donors (Lipinski definition) is 2. The smallest absolute Gasteiger partial charge is 0.188 e. The van der Waals surface area contributed by atoms with Gasteiger partial charge >= 0.3 is 0 Å². The van der Waals surface area contributed by atoms with Gasteiger partial charge in [0.1, 0.15) is 0 Å². The summed E-state index contributed by atoms with van der Waals surface area (Å²) in [6.45, 7) is 1.88. The number of unbranched alkanes of at least 4 members (excludes halogenated alkanes) is 1. The van der Waals surface area contributed by atoms with Crippen molar-refractivity contribution in [3.63, 3.8) is 0 Å². The molecule has 5 heteroatoms. The van der Waals surface area contributed by atoms with Crippen molar-refractivity contribution in [3.8, 4) is 0 Å². The summed E-state index contributed by atoms with van der Waals surface area (Å²) in [4.78, 5) is 4.34. The molecule has 0 heterocycles. The molecular weight excluding hydrogens is 333 g/mol. The van der Waals surface area contributed by atoms with Crippen LogP contribution >= 0.6 is 35.7 Å². The van der Waals surface area contributed by atoms with Crippen molar-refractivity contribution in [2.24, 2.45) is 16.6 Å². The van der Waals surface area contributed by atoms with E-state index in [2.05, 4.69) is 16.6 Å². The van der Waals surface area contributed by atoms with E-state index in [1.54, 1.807) is 0 Å². The molecule has 3 N–H and O–H groups in total. The monoisotopic (exact) mass is 357 g/mol. The predicted molar refractivity (Wildman–Crippen MR) is 84.9 cm³/mol. The lowest BCUT2D eigenvalue weighted by molar-refractivity contribution is 0.326. The Morgan fingerprint density at radius 2 is 2.19 bits per heavy atom. The zero-order chi connectivity index (χ0) is 10.9. The first kappa shape index (κ1) is 16.4. The molecule has 1 fully saturated rings. The van der Waals surface area contributed by atoms with Crippen LogP contribution in [0.1, 0.15) is 32.1 Å². The highest BCUT2D eigenvalue weighted by Crippen LogP contribution is 2.26. The molecule has 0 bridgehead atoms. The fourth-order valence-corrected chi connectivity index (χ4v) is 2.04. The molecule has 96 valence electrons. The molecule has 0 aromatic rings. The van der Waals surface area contributed by atoms with Gasteiger partial charge in [0.15, 0.2) is 5.96 Å². The third kappa shape index (κ3) is 7.60. The number of halogens is 1. The van der Waals surface area contributed by atoms with Gasteiger partial charge < -0.3 is 11.1 Å². The van der Waals surface area contributed by atoms with Gasteiger partial charge in [-0.2, -0.15) is 11.8 Å². The maximum atomic E-state index is 5.75. The lowest BCUT2D eigenvalue weighted by atomic mass is 9.86. The molecule has 0 spiro atoms. The zero-order valence-electron chi connectivity index (χ0n) is 10.1. The first-order chi connectivity index (χ1) is 7.33. The van der Waals surface area contributed by atoms with Crippen LogP contribution in [0.15, 0.2) is 4.99 Å². The minimum Gasteiger partial charge on any atom is -0.370 e. The molecule has 0 unspecified atom stereocenters. The molecule has 0 atom stereocenters. The number of guanidine groups is 1. The van der Waals surface area contributed by atoms with Crippen LogP contribution < -0.4 is 11.1 Å². The third-order valence-corrected chi connectivity index (χ3v) is 3.52. The largest absolute Gasteiger partial charge is 0.370 e. The summed E-state index contributed by atoms with van der Waals surface area (Å²) < 4.78 is 0. The van der Waals surface area contributed by atoms with Crippen LogP contribution in [0.3, 0.4) is 0 Å². The fraction of sp³-hybridized carbons (Fsp3) is 0.909. The van der Waals surface area contributed by atoms with Crippen molar-refractivity contribution in [2.75, 3.05) is 25.1 Å². The minimum absolute atomic E-state index is 0. The van der Waals surface area contributed by atoms with Gasteiger partial charge in [-0.15, -0.1) is 24.0 Å². The molecular formula is C11H24IN3S. The summed E-state index contributed by atoms with van der Waals surface area (Å²) >= 11 is 1.90. The normalized spacial score (nSPS) is 16.4. The Labute approximate surface area is 120 Å². The second-order valence-corrected chi connectivity index (χ2v) is 5.14. The quantitative estimate of drug-likeness (QED) is 0.319. The van der Waals surface area contributed by atoms with E-state index in [9.17, 15) is 0 Å². The van der Waals surface area contributed by atoms with Crippen LogP contribution in [0, 0.1) is 5.92 Å². The molecule has 0 aliphatic heterocycles. The van der Waals surface area contributed by atoms with Gasteiger partial charge in [-0.05, 0) is 43.6 Å². The minimum atomic E-state index is 0. The van der Waals surface area contributed by atoms with Gasteiger partial charge in [0, 0.05) is 13.1 Å². The Morgan fingerprint density at radius 1 is 1.44 bits per heavy atom. The lowest BCUT2D eigenvalue weighted by Crippen LogP contribution is -2.33. The Kier molecular flexibility index (Phi) is 10.7. The first-order valence-electron chi connectivity index (χ1n) is 5.85. The molecule has 1 rings (SSSR count). The third-order valence-electron chi connectivity index (χ3n) is 2.83. The van der Waals surface area contributed by atoms with E-state index < -0.39 is 0 Å². The number of thioether (sulfide) groups is 1. The molecule has 16 heavy (non-hydrogen) atoms. The van der Waals surface area contributed by atoms with Gasteiger partial charge in [0.05, 0.1) is 0 Å². The molecule has 3 nitrogen and oxygen atoms in total. The standard InChI is InChI=1S/C11H23N3S.HI/c1-15-8-3-2-7-13-11(12)14-9-10-5-4-6-10;/h10H,2-9H2,1H3,(H3,12,13,14);1H. The fourth-order valence-electron chi connectivity index (χ4n) is 1.55. The highest BCUT2D eigenvalue weighted by molar-refractivity contribution is 14.0. The van der Waals surface area contributed by atoms with Gasteiger partial charge in [0.2, 0.25) is 0 Å². The molecule has 1 aliphatic carbocycles. The Balaban J connectivity index is 0.00000225. The van der Waals surface area contributed by atoms with Gasteiger partial charge in [0.25, 0.3) is 0 Å². The van der Waals surface area contributed by atoms with Crippen LogP contribution in [0.4, 0.5) is 0 Å². The zero-order valence-corrected chi connectivity index (χ0v) is 13.2. The van der Waals surface area contributed by atoms with E-state index >= 15 is 0 Å². The van der Waals surface area contributed by atoms with E-state index in [0.717, 1.165) is 19.0 Å². The van der Waals surface area contributed by atoms with Crippen LogP contribution in [0.5, 0.6) is 0 Å². The van der Waals surface area contributed by atoms with Gasteiger partial charge in [-0.25, -0.2) is 0 Å². The highest BCUT2D eigenvalue weighted by atomic mass is 127. The molecule has 1 aliphatic rings. The molecule has 0 radical (unpaired) electrons.